The van der Waals surface area contributed by atoms with Gasteiger partial charge in [-0.25, -0.2) is 0 Å². The quantitative estimate of drug-likeness (QED) is 0.643. The van der Waals surface area contributed by atoms with Crippen molar-refractivity contribution in [1.82, 2.24) is 5.32 Å². The third kappa shape index (κ3) is 6.40. The van der Waals surface area contributed by atoms with E-state index in [-0.39, 0.29) is 12.5 Å². The van der Waals surface area contributed by atoms with Gasteiger partial charge in [-0.2, -0.15) is 0 Å². The highest BCUT2D eigenvalue weighted by atomic mass is 16.6. The highest BCUT2D eigenvalue weighted by Gasteiger charge is 2.15. The Balaban J connectivity index is 2.19. The third-order valence-corrected chi connectivity index (χ3v) is 2.40. The maximum absolute atomic E-state index is 11.4. The average Bonchev–Trinajstić information content (AvgIpc) is 2.24. The zero-order chi connectivity index (χ0) is 13.6. The lowest BCUT2D eigenvalue weighted by Gasteiger charge is -2.19. The summed E-state index contributed by atoms with van der Waals surface area (Å²) < 4.78 is 5.20. The Bertz CT molecular complexity index is 376. The Morgan fingerprint density at radius 2 is 1.83 bits per heavy atom. The topological polar surface area (TPSA) is 38.3 Å². The predicted molar refractivity (Wildman–Crippen MR) is 73.6 cm³/mol. The molecule has 0 unspecified atom stereocenters. The summed E-state index contributed by atoms with van der Waals surface area (Å²) in [7, 11) is 0. The molecule has 100 valence electrons. The first-order chi connectivity index (χ1) is 8.37. The van der Waals surface area contributed by atoms with Crippen molar-refractivity contribution in [3.05, 3.63) is 35.4 Å². The SMILES string of the molecule is Cc1ccc(CCNCC(=O)OC(C)(C)C)cc1. The number of nitrogens with one attached hydrogen (secondary N) is 1. The Morgan fingerprint density at radius 3 is 2.39 bits per heavy atom. The molecule has 3 heteroatoms. The fourth-order valence-corrected chi connectivity index (χ4v) is 1.56. The monoisotopic (exact) mass is 249 g/mol. The van der Waals surface area contributed by atoms with E-state index in [1.807, 2.05) is 20.8 Å². The molecule has 0 fully saturated rings. The van der Waals surface area contributed by atoms with Crippen molar-refractivity contribution in [2.45, 2.75) is 39.7 Å². The average molecular weight is 249 g/mol. The van der Waals surface area contributed by atoms with E-state index < -0.39 is 5.60 Å². The van der Waals surface area contributed by atoms with Crippen molar-refractivity contribution in [1.29, 1.82) is 0 Å². The highest BCUT2D eigenvalue weighted by molar-refractivity contribution is 5.72. The Hall–Kier alpha value is -1.35. The lowest BCUT2D eigenvalue weighted by Crippen LogP contribution is -2.32. The Kier molecular flexibility index (Phi) is 5.35. The number of hydrogen-bond acceptors (Lipinski definition) is 3. The molecule has 3 nitrogen and oxygen atoms in total. The van der Waals surface area contributed by atoms with Crippen LogP contribution in [0, 0.1) is 6.92 Å². The zero-order valence-electron chi connectivity index (χ0n) is 11.7. The molecule has 0 radical (unpaired) electrons. The van der Waals surface area contributed by atoms with Gasteiger partial charge in [0.05, 0.1) is 6.54 Å². The maximum Gasteiger partial charge on any atom is 0.320 e. The summed E-state index contributed by atoms with van der Waals surface area (Å²) in [6, 6.07) is 8.43. The van der Waals surface area contributed by atoms with Gasteiger partial charge in [-0.05, 0) is 46.2 Å². The van der Waals surface area contributed by atoms with Gasteiger partial charge in [0, 0.05) is 0 Å². The molecule has 0 saturated carbocycles. The van der Waals surface area contributed by atoms with Crippen molar-refractivity contribution in [2.75, 3.05) is 13.1 Å². The van der Waals surface area contributed by atoms with Crippen LogP contribution >= 0.6 is 0 Å². The summed E-state index contributed by atoms with van der Waals surface area (Å²) in [5, 5.41) is 3.10. The number of ether oxygens (including phenoxy) is 1. The number of rotatable bonds is 5. The lowest BCUT2D eigenvalue weighted by atomic mass is 10.1. The first-order valence-electron chi connectivity index (χ1n) is 6.35. The number of benzene rings is 1. The van der Waals surface area contributed by atoms with Crippen LogP contribution in [-0.4, -0.2) is 24.7 Å². The van der Waals surface area contributed by atoms with E-state index in [0.29, 0.717) is 0 Å². The van der Waals surface area contributed by atoms with Crippen molar-refractivity contribution >= 4 is 5.97 Å². The van der Waals surface area contributed by atoms with E-state index in [9.17, 15) is 4.79 Å². The van der Waals surface area contributed by atoms with Crippen LogP contribution in [0.3, 0.4) is 0 Å². The molecule has 0 aliphatic rings. The van der Waals surface area contributed by atoms with Crippen LogP contribution < -0.4 is 5.32 Å². The van der Waals surface area contributed by atoms with Gasteiger partial charge < -0.3 is 10.1 Å². The van der Waals surface area contributed by atoms with Gasteiger partial charge in [-0.15, -0.1) is 0 Å². The minimum absolute atomic E-state index is 0.202. The predicted octanol–water partition coefficient (Wildman–Crippen LogP) is 2.47. The van der Waals surface area contributed by atoms with Gasteiger partial charge in [-0.3, -0.25) is 4.79 Å². The minimum atomic E-state index is -0.407. The molecule has 0 spiro atoms. The van der Waals surface area contributed by atoms with Crippen LogP contribution in [0.25, 0.3) is 0 Å². The number of esters is 1. The van der Waals surface area contributed by atoms with Crippen LogP contribution in [0.2, 0.25) is 0 Å². The molecule has 0 bridgehead atoms. The second-order valence-electron chi connectivity index (χ2n) is 5.50. The molecular formula is C15H23NO2. The first kappa shape index (κ1) is 14.7. The molecular weight excluding hydrogens is 226 g/mol. The van der Waals surface area contributed by atoms with Gasteiger partial charge in [0.1, 0.15) is 5.60 Å². The molecule has 0 saturated heterocycles. The van der Waals surface area contributed by atoms with Crippen molar-refractivity contribution in [3.63, 3.8) is 0 Å². The molecule has 0 aliphatic carbocycles. The normalized spacial score (nSPS) is 11.3. The molecule has 1 aromatic carbocycles. The summed E-state index contributed by atoms with van der Waals surface area (Å²) in [4.78, 5) is 11.4. The standard InChI is InChI=1S/C15H23NO2/c1-12-5-7-13(8-6-12)9-10-16-11-14(17)18-15(2,3)4/h5-8,16H,9-11H2,1-4H3. The van der Waals surface area contributed by atoms with Crippen molar-refractivity contribution < 1.29 is 9.53 Å². The van der Waals surface area contributed by atoms with E-state index >= 15 is 0 Å². The van der Waals surface area contributed by atoms with Gasteiger partial charge in [0.2, 0.25) is 0 Å². The molecule has 0 aromatic heterocycles. The van der Waals surface area contributed by atoms with E-state index in [1.165, 1.54) is 11.1 Å². The van der Waals surface area contributed by atoms with Crippen LogP contribution in [0.4, 0.5) is 0 Å². The smallest absolute Gasteiger partial charge is 0.320 e. The number of aryl methyl sites for hydroxylation is 1. The maximum atomic E-state index is 11.4. The molecule has 0 aliphatic heterocycles. The van der Waals surface area contributed by atoms with Gasteiger partial charge in [-0.1, -0.05) is 29.8 Å². The Labute approximate surface area is 110 Å². The van der Waals surface area contributed by atoms with E-state index in [1.54, 1.807) is 0 Å². The molecule has 1 N–H and O–H groups in total. The van der Waals surface area contributed by atoms with E-state index in [0.717, 1.165) is 13.0 Å². The van der Waals surface area contributed by atoms with Gasteiger partial charge in [0.15, 0.2) is 0 Å². The second kappa shape index (κ2) is 6.55. The van der Waals surface area contributed by atoms with Crippen molar-refractivity contribution in [3.8, 4) is 0 Å². The summed E-state index contributed by atoms with van der Waals surface area (Å²) in [6.45, 7) is 8.74. The largest absolute Gasteiger partial charge is 0.459 e. The van der Waals surface area contributed by atoms with Crippen LogP contribution in [-0.2, 0) is 16.0 Å². The zero-order valence-corrected chi connectivity index (χ0v) is 11.7. The summed E-state index contributed by atoms with van der Waals surface area (Å²) >= 11 is 0. The van der Waals surface area contributed by atoms with E-state index in [4.69, 9.17) is 4.74 Å². The minimum Gasteiger partial charge on any atom is -0.459 e. The lowest BCUT2D eigenvalue weighted by molar-refractivity contribution is -0.153. The molecule has 0 heterocycles. The Morgan fingerprint density at radius 1 is 1.22 bits per heavy atom. The summed E-state index contributed by atoms with van der Waals surface area (Å²) in [6.07, 6.45) is 0.920. The van der Waals surface area contributed by atoms with Gasteiger partial charge >= 0.3 is 5.97 Å². The molecule has 1 aromatic rings. The second-order valence-corrected chi connectivity index (χ2v) is 5.50. The number of carbonyl (C=O) groups is 1. The van der Waals surface area contributed by atoms with Gasteiger partial charge in [0.25, 0.3) is 0 Å². The van der Waals surface area contributed by atoms with Crippen LogP contribution in [0.5, 0.6) is 0 Å². The van der Waals surface area contributed by atoms with Crippen LogP contribution in [0.15, 0.2) is 24.3 Å². The van der Waals surface area contributed by atoms with Crippen LogP contribution in [0.1, 0.15) is 31.9 Å². The third-order valence-electron chi connectivity index (χ3n) is 2.40. The fraction of sp³-hybridized carbons (Fsp3) is 0.533. The molecule has 0 atom stereocenters. The highest BCUT2D eigenvalue weighted by Crippen LogP contribution is 2.06. The first-order valence-corrected chi connectivity index (χ1v) is 6.35. The van der Waals surface area contributed by atoms with E-state index in [2.05, 4.69) is 36.5 Å². The van der Waals surface area contributed by atoms with Crippen molar-refractivity contribution in [2.24, 2.45) is 0 Å². The summed E-state index contributed by atoms with van der Waals surface area (Å²) in [5.41, 5.74) is 2.13. The number of carbonyl (C=O) groups excluding carboxylic acids is 1. The number of hydrogen-bond donors (Lipinski definition) is 1. The molecule has 1 rings (SSSR count). The molecule has 0 amide bonds. The fourth-order valence-electron chi connectivity index (χ4n) is 1.56. The molecule has 18 heavy (non-hydrogen) atoms. The summed E-state index contributed by atoms with van der Waals surface area (Å²) in [5.74, 6) is -0.202.